The van der Waals surface area contributed by atoms with Crippen LogP contribution in [0, 0.1) is 0 Å². The van der Waals surface area contributed by atoms with Crippen molar-refractivity contribution in [2.45, 2.75) is 200 Å². The van der Waals surface area contributed by atoms with Gasteiger partial charge in [0.2, 0.25) is 0 Å². The van der Waals surface area contributed by atoms with Crippen LogP contribution in [-0.2, 0) is 28.2 Å². The minimum atomic E-state index is -4.01. The Labute approximate surface area is 283 Å². The van der Waals surface area contributed by atoms with Crippen molar-refractivity contribution in [3.63, 3.8) is 0 Å². The van der Waals surface area contributed by atoms with Gasteiger partial charge in [0.25, 0.3) is 0 Å². The van der Waals surface area contributed by atoms with Crippen LogP contribution < -0.4 is 0 Å². The van der Waals surface area contributed by atoms with Gasteiger partial charge in [-0.2, -0.15) is 0 Å². The number of ether oxygens (including phenoxy) is 2. The highest BCUT2D eigenvalue weighted by Gasteiger charge is 2.24. The summed E-state index contributed by atoms with van der Waals surface area (Å²) in [6.07, 6.45) is 30.9. The van der Waals surface area contributed by atoms with E-state index in [9.17, 15) is 19.0 Å². The molecule has 2 N–H and O–H groups in total. The average Bonchev–Trinajstić information content (AvgIpc) is 3.03. The molecule has 0 fully saturated rings. The van der Waals surface area contributed by atoms with Crippen LogP contribution in [0.25, 0.3) is 0 Å². The first-order valence-electron chi connectivity index (χ1n) is 19.3. The predicted octanol–water partition coefficient (Wildman–Crippen LogP) is 10.6. The van der Waals surface area contributed by atoms with Crippen molar-refractivity contribution in [3.05, 3.63) is 0 Å². The molecule has 0 spiro atoms. The van der Waals surface area contributed by atoms with Crippen molar-refractivity contribution in [1.82, 2.24) is 0 Å². The number of rotatable bonds is 36. The fourth-order valence-electron chi connectivity index (χ4n) is 5.58. The lowest BCUT2D eigenvalue weighted by molar-refractivity contribution is -0.161. The first-order valence-corrected chi connectivity index (χ1v) is 21.0. The average molecular weight is 677 g/mol. The Bertz CT molecular complexity index is 732. The monoisotopic (exact) mass is 677 g/mol. The van der Waals surface area contributed by atoms with Gasteiger partial charge in [-0.15, -0.1) is 0 Å². The van der Waals surface area contributed by atoms with Crippen LogP contribution in [0.5, 0.6) is 0 Å². The summed E-state index contributed by atoms with van der Waals surface area (Å²) in [6.45, 7) is 3.41. The Hall–Kier alpha value is -0.950. The zero-order valence-corrected chi connectivity index (χ0v) is 30.9. The second-order valence-corrected chi connectivity index (χ2v) is 15.1. The van der Waals surface area contributed by atoms with E-state index >= 15 is 0 Å². The topological polar surface area (TPSA) is 119 Å². The Kier molecular flexibility index (Phi) is 33.2. The Morgan fingerprint density at radius 3 is 1.26 bits per heavy atom. The van der Waals surface area contributed by atoms with Gasteiger partial charge in [0, 0.05) is 12.8 Å². The van der Waals surface area contributed by atoms with Crippen molar-refractivity contribution in [1.29, 1.82) is 0 Å². The predicted molar refractivity (Wildman–Crippen MR) is 189 cm³/mol. The highest BCUT2D eigenvalue weighted by Crippen LogP contribution is 2.41. The molecule has 46 heavy (non-hydrogen) atoms. The van der Waals surface area contributed by atoms with Crippen LogP contribution in [0.4, 0.5) is 0 Å². The van der Waals surface area contributed by atoms with Gasteiger partial charge in [0.1, 0.15) is 6.61 Å². The highest BCUT2D eigenvalue weighted by molar-refractivity contribution is 7.52. The van der Waals surface area contributed by atoms with E-state index in [2.05, 4.69) is 13.8 Å². The highest BCUT2D eigenvalue weighted by atomic mass is 31.2. The molecule has 0 aromatic rings. The molecule has 9 heteroatoms. The molecule has 8 nitrogen and oxygen atoms in total. The first kappa shape index (κ1) is 45.0. The van der Waals surface area contributed by atoms with Crippen molar-refractivity contribution in [3.8, 4) is 0 Å². The summed E-state index contributed by atoms with van der Waals surface area (Å²) in [5, 5.41) is 8.99. The lowest BCUT2D eigenvalue weighted by Gasteiger charge is -2.20. The molecule has 0 radical (unpaired) electrons. The fourth-order valence-corrected chi connectivity index (χ4v) is 6.36. The number of carbonyl (C=O) groups is 2. The smallest absolute Gasteiger partial charge is 0.330 e. The molecule has 0 heterocycles. The van der Waals surface area contributed by atoms with Gasteiger partial charge in [0.15, 0.2) is 6.10 Å². The molecule has 0 aliphatic rings. The van der Waals surface area contributed by atoms with Crippen LogP contribution in [0.15, 0.2) is 0 Å². The molecule has 0 aromatic heterocycles. The van der Waals surface area contributed by atoms with E-state index in [4.69, 9.17) is 19.1 Å². The molecule has 1 unspecified atom stereocenters. The number of hydrogen-bond donors (Lipinski definition) is 2. The molecule has 0 saturated heterocycles. The molecule has 2 atom stereocenters. The second-order valence-electron chi connectivity index (χ2n) is 13.2. The summed E-state index contributed by atoms with van der Waals surface area (Å²) >= 11 is 0. The van der Waals surface area contributed by atoms with E-state index in [1.54, 1.807) is 0 Å². The SMILES string of the molecule is CCCCCCCCCCCCCCCC(=O)OC[C@H](COP(=O)(O)CCO)OC(=O)CCCCCCCCCCCCCCC. The Morgan fingerprint density at radius 1 is 0.543 bits per heavy atom. The standard InChI is InChI=1S/C37H73O8P/c1-3-5-7-9-11-13-15-17-19-21-23-25-27-29-36(39)43-33-35(34-44-46(41,42)32-31-38)45-37(40)30-28-26-24-22-20-18-16-14-12-10-8-6-4-2/h35,38H,3-34H2,1-2H3,(H,41,42)/t35-/m1/s1. The number of aliphatic hydroxyl groups is 1. The van der Waals surface area contributed by atoms with Crippen LogP contribution in [0.3, 0.4) is 0 Å². The number of aliphatic hydroxyl groups excluding tert-OH is 1. The molecular formula is C37H73O8P. The Morgan fingerprint density at radius 2 is 0.891 bits per heavy atom. The summed E-state index contributed by atoms with van der Waals surface area (Å²) in [7, 11) is -4.01. The minimum absolute atomic E-state index is 0.221. The van der Waals surface area contributed by atoms with Crippen LogP contribution in [-0.4, -0.2) is 54.0 Å². The molecule has 0 bridgehead atoms. The normalized spacial score (nSPS) is 13.4. The van der Waals surface area contributed by atoms with E-state index in [1.807, 2.05) is 0 Å². The maximum atomic E-state index is 12.5. The van der Waals surface area contributed by atoms with Gasteiger partial charge < -0.3 is 24.0 Å². The quantitative estimate of drug-likeness (QED) is 0.0382. The van der Waals surface area contributed by atoms with Crippen LogP contribution >= 0.6 is 7.60 Å². The van der Waals surface area contributed by atoms with Gasteiger partial charge in [-0.1, -0.05) is 168 Å². The third-order valence-corrected chi connectivity index (χ3v) is 9.86. The van der Waals surface area contributed by atoms with Crippen molar-refractivity contribution >= 4 is 19.5 Å². The molecule has 0 aliphatic carbocycles. The van der Waals surface area contributed by atoms with E-state index < -0.39 is 32.4 Å². The molecule has 0 amide bonds. The minimum Gasteiger partial charge on any atom is -0.462 e. The molecule has 0 aromatic carbocycles. The van der Waals surface area contributed by atoms with Gasteiger partial charge in [-0.3, -0.25) is 14.2 Å². The van der Waals surface area contributed by atoms with Gasteiger partial charge in [0.05, 0.1) is 19.4 Å². The lowest BCUT2D eigenvalue weighted by atomic mass is 10.0. The zero-order valence-electron chi connectivity index (χ0n) is 30.0. The number of hydrogen-bond acceptors (Lipinski definition) is 7. The fraction of sp³-hybridized carbons (Fsp3) is 0.946. The van der Waals surface area contributed by atoms with E-state index in [0.29, 0.717) is 12.8 Å². The summed E-state index contributed by atoms with van der Waals surface area (Å²) in [4.78, 5) is 34.6. The summed E-state index contributed by atoms with van der Waals surface area (Å²) in [5.41, 5.74) is 0. The van der Waals surface area contributed by atoms with E-state index in [-0.39, 0.29) is 25.6 Å². The molecule has 0 rings (SSSR count). The van der Waals surface area contributed by atoms with Gasteiger partial charge in [-0.25, -0.2) is 0 Å². The van der Waals surface area contributed by atoms with Crippen LogP contribution in [0.1, 0.15) is 194 Å². The number of carbonyl (C=O) groups excluding carboxylic acids is 2. The largest absolute Gasteiger partial charge is 0.462 e. The maximum absolute atomic E-state index is 12.5. The third-order valence-electron chi connectivity index (χ3n) is 8.54. The number of unbranched alkanes of at least 4 members (excludes halogenated alkanes) is 24. The molecule has 0 saturated carbocycles. The van der Waals surface area contributed by atoms with Gasteiger partial charge >= 0.3 is 19.5 Å². The third kappa shape index (κ3) is 33.0. The first-order chi connectivity index (χ1) is 22.3. The zero-order chi connectivity index (χ0) is 34.0. The maximum Gasteiger partial charge on any atom is 0.330 e. The van der Waals surface area contributed by atoms with Crippen molar-refractivity contribution in [2.75, 3.05) is 26.0 Å². The Balaban J connectivity index is 4.11. The van der Waals surface area contributed by atoms with Gasteiger partial charge in [-0.05, 0) is 12.8 Å². The van der Waals surface area contributed by atoms with E-state index in [0.717, 1.165) is 32.1 Å². The summed E-state index contributed by atoms with van der Waals surface area (Å²) in [6, 6.07) is 0. The van der Waals surface area contributed by atoms with Crippen LogP contribution in [0.2, 0.25) is 0 Å². The summed E-state index contributed by atoms with van der Waals surface area (Å²) < 4.78 is 27.9. The van der Waals surface area contributed by atoms with E-state index in [1.165, 1.54) is 128 Å². The summed E-state index contributed by atoms with van der Waals surface area (Å²) in [5.74, 6) is -0.803. The molecule has 274 valence electrons. The van der Waals surface area contributed by atoms with Crippen molar-refractivity contribution < 1.29 is 38.2 Å². The second kappa shape index (κ2) is 33.9. The molecular weight excluding hydrogens is 603 g/mol. The number of esters is 2. The van der Waals surface area contributed by atoms with Crippen molar-refractivity contribution in [2.24, 2.45) is 0 Å². The lowest BCUT2D eigenvalue weighted by Crippen LogP contribution is -2.29. The molecule has 0 aliphatic heterocycles.